The van der Waals surface area contributed by atoms with Crippen LogP contribution in [0.4, 0.5) is 5.69 Å². The van der Waals surface area contributed by atoms with Crippen molar-refractivity contribution >= 4 is 29.3 Å². The first-order chi connectivity index (χ1) is 13.1. The number of methoxy groups -OCH3 is 1. The maximum absolute atomic E-state index is 12.2. The molecule has 142 valence electrons. The second-order valence-electron chi connectivity index (χ2n) is 6.17. The highest BCUT2D eigenvalue weighted by atomic mass is 32.2. The van der Waals surface area contributed by atoms with Crippen molar-refractivity contribution in [3.05, 3.63) is 54.4 Å². The number of carbonyl (C=O) groups is 2. The highest BCUT2D eigenvalue weighted by Crippen LogP contribution is 2.21. The summed E-state index contributed by atoms with van der Waals surface area (Å²) in [6.45, 7) is 0. The molecule has 3 rings (SSSR count). The van der Waals surface area contributed by atoms with E-state index in [1.54, 1.807) is 43.4 Å². The number of hydrogen-bond donors (Lipinski definition) is 3. The van der Waals surface area contributed by atoms with Gasteiger partial charge in [-0.25, -0.2) is 0 Å². The highest BCUT2D eigenvalue weighted by Gasteiger charge is 2.27. The molecule has 2 aromatic rings. The van der Waals surface area contributed by atoms with E-state index in [0.29, 0.717) is 11.4 Å². The molecule has 0 bridgehead atoms. The molecule has 2 unspecified atom stereocenters. The van der Waals surface area contributed by atoms with Crippen LogP contribution in [-0.4, -0.2) is 35.4 Å². The Hall–Kier alpha value is -2.58. The molecule has 3 N–H and O–H groups in total. The quantitative estimate of drug-likeness (QED) is 0.675. The Morgan fingerprint density at radius 3 is 3.04 bits per heavy atom. The minimum Gasteiger partial charge on any atom is -0.497 e. The van der Waals surface area contributed by atoms with Gasteiger partial charge in [-0.15, -0.1) is 11.8 Å². The number of carbonyl (C=O) groups excluding carboxylic acids is 2. The van der Waals surface area contributed by atoms with Crippen LogP contribution in [-0.2, 0) is 15.3 Å². The molecule has 1 aromatic carbocycles. The molecule has 8 heteroatoms. The van der Waals surface area contributed by atoms with Gasteiger partial charge in [-0.1, -0.05) is 12.1 Å². The fraction of sp³-hybridized carbons (Fsp3) is 0.316. The van der Waals surface area contributed by atoms with Crippen molar-refractivity contribution in [3.63, 3.8) is 0 Å². The number of anilines is 1. The molecule has 2 amide bonds. The molecular weight excluding hydrogens is 364 g/mol. The first kappa shape index (κ1) is 19.2. The van der Waals surface area contributed by atoms with Crippen molar-refractivity contribution in [3.8, 4) is 5.75 Å². The molecule has 0 spiro atoms. The smallest absolute Gasteiger partial charge is 0.225 e. The third-order valence-corrected chi connectivity index (χ3v) is 5.13. The van der Waals surface area contributed by atoms with Crippen LogP contribution in [0.2, 0.25) is 0 Å². The SMILES string of the molecule is COc1cccc(CSC2NC(=O)CC(CC(=O)Nc3cccnc3)N2)c1. The molecule has 0 aliphatic carbocycles. The predicted molar refractivity (Wildman–Crippen MR) is 105 cm³/mol. The normalized spacial score (nSPS) is 19.2. The standard InChI is InChI=1S/C19H22N4O3S/c1-26-16-6-2-4-13(8-16)12-27-19-22-15(10-18(25)23-19)9-17(24)21-14-5-3-7-20-11-14/h2-8,11,15,19,22H,9-10,12H2,1H3,(H,21,24)(H,23,25). The molecule has 0 saturated carbocycles. The zero-order chi connectivity index (χ0) is 19.1. The number of pyridine rings is 1. The van der Waals surface area contributed by atoms with Crippen LogP contribution < -0.4 is 20.7 Å². The zero-order valence-electron chi connectivity index (χ0n) is 15.0. The lowest BCUT2D eigenvalue weighted by Crippen LogP contribution is -2.55. The largest absolute Gasteiger partial charge is 0.497 e. The number of ether oxygens (including phenoxy) is 1. The van der Waals surface area contributed by atoms with Gasteiger partial charge in [0, 0.05) is 30.8 Å². The predicted octanol–water partition coefficient (Wildman–Crippen LogP) is 2.11. The number of nitrogens with zero attached hydrogens (tertiary/aromatic N) is 1. The van der Waals surface area contributed by atoms with Gasteiger partial charge in [0.2, 0.25) is 11.8 Å². The zero-order valence-corrected chi connectivity index (χ0v) is 15.8. The van der Waals surface area contributed by atoms with Gasteiger partial charge < -0.3 is 15.4 Å². The molecule has 1 aromatic heterocycles. The lowest BCUT2D eigenvalue weighted by Gasteiger charge is -2.31. The number of hydrogen-bond acceptors (Lipinski definition) is 6. The molecule has 0 radical (unpaired) electrons. The third-order valence-electron chi connectivity index (χ3n) is 4.04. The minimum atomic E-state index is -0.242. The number of amides is 2. The Bertz CT molecular complexity index is 788. The van der Waals surface area contributed by atoms with Crippen LogP contribution in [0, 0.1) is 0 Å². The topological polar surface area (TPSA) is 92.3 Å². The molecule has 2 heterocycles. The summed E-state index contributed by atoms with van der Waals surface area (Å²) in [6, 6.07) is 11.1. The van der Waals surface area contributed by atoms with Crippen molar-refractivity contribution in [2.45, 2.75) is 30.1 Å². The van der Waals surface area contributed by atoms with E-state index < -0.39 is 0 Å². The molecule has 1 fully saturated rings. The third kappa shape index (κ3) is 5.97. The number of rotatable bonds is 7. The summed E-state index contributed by atoms with van der Waals surface area (Å²) in [6.07, 6.45) is 3.73. The number of thioether (sulfide) groups is 1. The van der Waals surface area contributed by atoms with Gasteiger partial charge in [0.15, 0.2) is 0 Å². The van der Waals surface area contributed by atoms with Crippen molar-refractivity contribution in [1.29, 1.82) is 0 Å². The van der Waals surface area contributed by atoms with Gasteiger partial charge in [0.05, 0.1) is 19.0 Å². The van der Waals surface area contributed by atoms with Crippen LogP contribution in [0.5, 0.6) is 5.75 Å². The van der Waals surface area contributed by atoms with E-state index in [2.05, 4.69) is 20.9 Å². The fourth-order valence-corrected chi connectivity index (χ4v) is 3.82. The Morgan fingerprint density at radius 1 is 1.37 bits per heavy atom. The maximum Gasteiger partial charge on any atom is 0.225 e. The van der Waals surface area contributed by atoms with Crippen LogP contribution in [0.3, 0.4) is 0 Å². The monoisotopic (exact) mass is 386 g/mol. The Labute approximate surface area is 162 Å². The van der Waals surface area contributed by atoms with E-state index in [4.69, 9.17) is 4.74 Å². The van der Waals surface area contributed by atoms with Crippen LogP contribution in [0.1, 0.15) is 18.4 Å². The van der Waals surface area contributed by atoms with E-state index in [9.17, 15) is 9.59 Å². The summed E-state index contributed by atoms with van der Waals surface area (Å²) in [5, 5.41) is 9.03. The molecule has 1 aliphatic rings. The minimum absolute atomic E-state index is 0.0592. The fourth-order valence-electron chi connectivity index (χ4n) is 2.78. The van der Waals surface area contributed by atoms with Crippen LogP contribution >= 0.6 is 11.8 Å². The summed E-state index contributed by atoms with van der Waals surface area (Å²) >= 11 is 1.57. The summed E-state index contributed by atoms with van der Waals surface area (Å²) in [5.41, 5.74) is 1.51. The van der Waals surface area contributed by atoms with Crippen molar-refractivity contribution in [2.24, 2.45) is 0 Å². The van der Waals surface area contributed by atoms with Gasteiger partial charge in [0.1, 0.15) is 11.2 Å². The van der Waals surface area contributed by atoms with E-state index in [-0.39, 0.29) is 36.2 Å². The maximum atomic E-state index is 12.2. The van der Waals surface area contributed by atoms with Gasteiger partial charge in [-0.2, -0.15) is 0 Å². The molecule has 2 atom stereocenters. The number of benzene rings is 1. The Balaban J connectivity index is 1.51. The van der Waals surface area contributed by atoms with Crippen molar-refractivity contribution in [2.75, 3.05) is 12.4 Å². The molecule has 1 saturated heterocycles. The molecule has 7 nitrogen and oxygen atoms in total. The average Bonchev–Trinajstić information content (AvgIpc) is 2.67. The van der Waals surface area contributed by atoms with E-state index in [0.717, 1.165) is 11.3 Å². The Morgan fingerprint density at radius 2 is 2.26 bits per heavy atom. The van der Waals surface area contributed by atoms with Gasteiger partial charge in [0.25, 0.3) is 0 Å². The first-order valence-corrected chi connectivity index (χ1v) is 9.67. The van der Waals surface area contributed by atoms with Gasteiger partial charge >= 0.3 is 0 Å². The van der Waals surface area contributed by atoms with E-state index >= 15 is 0 Å². The Kier molecular flexibility index (Phi) is 6.67. The first-order valence-electron chi connectivity index (χ1n) is 8.62. The molecular formula is C19H22N4O3S. The summed E-state index contributed by atoms with van der Waals surface area (Å²) in [7, 11) is 1.64. The van der Waals surface area contributed by atoms with E-state index in [1.807, 2.05) is 24.3 Å². The van der Waals surface area contributed by atoms with E-state index in [1.165, 1.54) is 0 Å². The van der Waals surface area contributed by atoms with Crippen molar-refractivity contribution < 1.29 is 14.3 Å². The summed E-state index contributed by atoms with van der Waals surface area (Å²) in [4.78, 5) is 28.2. The van der Waals surface area contributed by atoms with Crippen LogP contribution in [0.25, 0.3) is 0 Å². The highest BCUT2D eigenvalue weighted by molar-refractivity contribution is 7.99. The summed E-state index contributed by atoms with van der Waals surface area (Å²) in [5.74, 6) is 1.31. The second-order valence-corrected chi connectivity index (χ2v) is 7.27. The van der Waals surface area contributed by atoms with Crippen LogP contribution in [0.15, 0.2) is 48.8 Å². The van der Waals surface area contributed by atoms with Gasteiger partial charge in [-0.3, -0.25) is 19.9 Å². The van der Waals surface area contributed by atoms with Crippen molar-refractivity contribution in [1.82, 2.24) is 15.6 Å². The van der Waals surface area contributed by atoms with Gasteiger partial charge in [-0.05, 0) is 29.8 Å². The number of aromatic nitrogens is 1. The lowest BCUT2D eigenvalue weighted by atomic mass is 10.1. The second kappa shape index (κ2) is 9.38. The molecule has 27 heavy (non-hydrogen) atoms. The number of nitrogens with one attached hydrogen (secondary N) is 3. The average molecular weight is 386 g/mol. The molecule has 1 aliphatic heterocycles. The summed E-state index contributed by atoms with van der Waals surface area (Å²) < 4.78 is 5.23. The lowest BCUT2D eigenvalue weighted by molar-refractivity contribution is -0.124.